The van der Waals surface area contributed by atoms with Crippen LogP contribution in [0.4, 0.5) is 5.82 Å². The van der Waals surface area contributed by atoms with Gasteiger partial charge in [-0.3, -0.25) is 4.79 Å². The van der Waals surface area contributed by atoms with Crippen molar-refractivity contribution in [2.24, 2.45) is 0 Å². The fraction of sp³-hybridized carbons (Fsp3) is 0.462. The minimum absolute atomic E-state index is 0.0650. The zero-order valence-electron chi connectivity index (χ0n) is 11.4. The Kier molecular flexibility index (Phi) is 4.52. The molecular weight excluding hydrogens is 260 g/mol. The van der Waals surface area contributed by atoms with Crippen molar-refractivity contribution in [1.82, 2.24) is 14.9 Å². The highest BCUT2D eigenvalue weighted by Gasteiger charge is 2.36. The predicted octanol–water partition coefficient (Wildman–Crippen LogP) is 0.239. The van der Waals surface area contributed by atoms with E-state index in [0.717, 1.165) is 6.42 Å². The van der Waals surface area contributed by atoms with E-state index in [-0.39, 0.29) is 30.5 Å². The molecule has 1 amide bonds. The second-order valence-corrected chi connectivity index (χ2v) is 4.45. The number of rotatable bonds is 5. The van der Waals surface area contributed by atoms with Gasteiger partial charge in [-0.15, -0.1) is 0 Å². The molecule has 2 atom stereocenters. The predicted molar refractivity (Wildman–Crippen MR) is 73.1 cm³/mol. The summed E-state index contributed by atoms with van der Waals surface area (Å²) in [5, 5.41) is 0. The maximum Gasteiger partial charge on any atom is 0.246 e. The molecular formula is C13H18N4O3. The van der Waals surface area contributed by atoms with Crippen molar-refractivity contribution < 1.29 is 14.3 Å². The van der Waals surface area contributed by atoms with Crippen LogP contribution >= 0.6 is 0 Å². The first-order valence-electron chi connectivity index (χ1n) is 6.31. The van der Waals surface area contributed by atoms with Crippen molar-refractivity contribution >= 4 is 11.7 Å². The molecule has 1 aliphatic rings. The van der Waals surface area contributed by atoms with Crippen LogP contribution in [0.5, 0.6) is 5.75 Å². The largest absolute Gasteiger partial charge is 0.486 e. The van der Waals surface area contributed by atoms with Crippen LogP contribution in [0.15, 0.2) is 25.2 Å². The third-order valence-corrected chi connectivity index (χ3v) is 3.36. The summed E-state index contributed by atoms with van der Waals surface area (Å²) < 4.78 is 11.0. The van der Waals surface area contributed by atoms with E-state index in [2.05, 4.69) is 16.5 Å². The maximum absolute atomic E-state index is 11.8. The Labute approximate surface area is 117 Å². The van der Waals surface area contributed by atoms with E-state index in [1.54, 1.807) is 12.0 Å². The maximum atomic E-state index is 11.8. The zero-order chi connectivity index (χ0) is 14.5. The van der Waals surface area contributed by atoms with Gasteiger partial charge in [-0.1, -0.05) is 6.58 Å². The van der Waals surface area contributed by atoms with Crippen molar-refractivity contribution in [2.45, 2.75) is 18.6 Å². The number of ether oxygens (including phenoxy) is 2. The van der Waals surface area contributed by atoms with Gasteiger partial charge in [-0.05, 0) is 12.5 Å². The van der Waals surface area contributed by atoms with Crippen LogP contribution in [0.2, 0.25) is 0 Å². The molecule has 0 radical (unpaired) electrons. The van der Waals surface area contributed by atoms with E-state index in [9.17, 15) is 4.79 Å². The quantitative estimate of drug-likeness (QED) is 0.776. The Morgan fingerprint density at radius 1 is 1.70 bits per heavy atom. The summed E-state index contributed by atoms with van der Waals surface area (Å²) in [6.45, 7) is 4.41. The van der Waals surface area contributed by atoms with Crippen LogP contribution in [-0.2, 0) is 9.53 Å². The molecule has 0 spiro atoms. The highest BCUT2D eigenvalue weighted by Crippen LogP contribution is 2.23. The monoisotopic (exact) mass is 278 g/mol. The summed E-state index contributed by atoms with van der Waals surface area (Å²) in [5.74, 6) is 0.546. The number of amides is 1. The minimum Gasteiger partial charge on any atom is -0.486 e. The molecule has 0 aliphatic carbocycles. The number of carbonyl (C=O) groups excluding carboxylic acids is 1. The number of methoxy groups -OCH3 is 1. The first kappa shape index (κ1) is 14.3. The summed E-state index contributed by atoms with van der Waals surface area (Å²) in [4.78, 5) is 21.2. The Hall–Kier alpha value is -2.15. The molecule has 108 valence electrons. The van der Waals surface area contributed by atoms with E-state index >= 15 is 0 Å². The van der Waals surface area contributed by atoms with Crippen LogP contribution in [-0.4, -0.2) is 53.2 Å². The Morgan fingerprint density at radius 2 is 2.50 bits per heavy atom. The molecule has 20 heavy (non-hydrogen) atoms. The minimum atomic E-state index is -0.176. The number of carbonyl (C=O) groups is 1. The first-order valence-corrected chi connectivity index (χ1v) is 6.31. The average Bonchev–Trinajstić information content (AvgIpc) is 2.88. The van der Waals surface area contributed by atoms with Crippen LogP contribution in [0, 0.1) is 0 Å². The van der Waals surface area contributed by atoms with Crippen LogP contribution in [0.25, 0.3) is 0 Å². The lowest BCUT2D eigenvalue weighted by Gasteiger charge is -2.26. The van der Waals surface area contributed by atoms with E-state index < -0.39 is 0 Å². The summed E-state index contributed by atoms with van der Waals surface area (Å²) in [5.41, 5.74) is 5.69. The van der Waals surface area contributed by atoms with Gasteiger partial charge < -0.3 is 20.1 Å². The van der Waals surface area contributed by atoms with Gasteiger partial charge >= 0.3 is 0 Å². The van der Waals surface area contributed by atoms with Crippen LogP contribution in [0.1, 0.15) is 6.42 Å². The normalized spacial score (nSPS) is 21.8. The molecule has 1 aromatic rings. The Balaban J connectivity index is 2.06. The third-order valence-electron chi connectivity index (χ3n) is 3.36. The molecule has 0 aromatic carbocycles. The number of hydrogen-bond acceptors (Lipinski definition) is 6. The molecule has 1 fully saturated rings. The van der Waals surface area contributed by atoms with Crippen molar-refractivity contribution in [3.8, 4) is 5.75 Å². The van der Waals surface area contributed by atoms with Crippen molar-refractivity contribution in [3.05, 3.63) is 25.2 Å². The molecule has 2 N–H and O–H groups in total. The Bertz CT molecular complexity index is 494. The molecule has 0 unspecified atom stereocenters. The van der Waals surface area contributed by atoms with Gasteiger partial charge in [-0.2, -0.15) is 0 Å². The standard InChI is InChI=1S/C13H18N4O3/c1-3-12(18)17-5-4-10(19-2)9(17)7-20-11-6-15-8-16-13(11)14/h3,6,8-10H,1,4-5,7H2,2H3,(H2,14,15,16)/t9-,10+/m1/s1. The smallest absolute Gasteiger partial charge is 0.246 e. The summed E-state index contributed by atoms with van der Waals surface area (Å²) in [6.07, 6.45) is 4.85. The second-order valence-electron chi connectivity index (χ2n) is 4.45. The number of likely N-dealkylation sites (tertiary alicyclic amines) is 1. The lowest BCUT2D eigenvalue weighted by molar-refractivity contribution is -0.128. The van der Waals surface area contributed by atoms with Gasteiger partial charge in [-0.25, -0.2) is 9.97 Å². The van der Waals surface area contributed by atoms with Gasteiger partial charge in [0.25, 0.3) is 0 Å². The van der Waals surface area contributed by atoms with Gasteiger partial charge in [0.05, 0.1) is 18.3 Å². The molecule has 0 bridgehead atoms. The molecule has 0 saturated carbocycles. The number of nitrogens with two attached hydrogens (primary N) is 1. The molecule has 1 aliphatic heterocycles. The van der Waals surface area contributed by atoms with Gasteiger partial charge in [0, 0.05) is 13.7 Å². The SMILES string of the molecule is C=CC(=O)N1CC[C@H](OC)[C@H]1COc1cncnc1N. The van der Waals surface area contributed by atoms with Gasteiger partial charge in [0.1, 0.15) is 12.9 Å². The summed E-state index contributed by atoms with van der Waals surface area (Å²) in [6, 6.07) is -0.176. The highest BCUT2D eigenvalue weighted by molar-refractivity contribution is 5.87. The summed E-state index contributed by atoms with van der Waals surface area (Å²) in [7, 11) is 1.62. The third kappa shape index (κ3) is 2.88. The number of hydrogen-bond donors (Lipinski definition) is 1. The fourth-order valence-electron chi connectivity index (χ4n) is 2.30. The molecule has 2 rings (SSSR count). The lowest BCUT2D eigenvalue weighted by Crippen LogP contribution is -2.43. The van der Waals surface area contributed by atoms with Gasteiger partial charge in [0.2, 0.25) is 5.91 Å². The molecule has 7 heteroatoms. The lowest BCUT2D eigenvalue weighted by atomic mass is 10.2. The first-order chi connectivity index (χ1) is 9.67. The van der Waals surface area contributed by atoms with E-state index in [4.69, 9.17) is 15.2 Å². The number of aromatic nitrogens is 2. The van der Waals surface area contributed by atoms with Crippen molar-refractivity contribution in [1.29, 1.82) is 0 Å². The zero-order valence-corrected chi connectivity index (χ0v) is 11.4. The number of nitrogens with zero attached hydrogens (tertiary/aromatic N) is 3. The molecule has 1 saturated heterocycles. The molecule has 1 aromatic heterocycles. The van der Waals surface area contributed by atoms with Crippen molar-refractivity contribution in [2.75, 3.05) is 26.0 Å². The van der Waals surface area contributed by atoms with E-state index in [0.29, 0.717) is 12.3 Å². The second kappa shape index (κ2) is 6.33. The van der Waals surface area contributed by atoms with Crippen molar-refractivity contribution in [3.63, 3.8) is 0 Å². The van der Waals surface area contributed by atoms with E-state index in [1.165, 1.54) is 18.6 Å². The Morgan fingerprint density at radius 3 is 3.15 bits per heavy atom. The average molecular weight is 278 g/mol. The van der Waals surface area contributed by atoms with Crippen LogP contribution in [0.3, 0.4) is 0 Å². The van der Waals surface area contributed by atoms with E-state index in [1.807, 2.05) is 0 Å². The topological polar surface area (TPSA) is 90.6 Å². The fourth-order valence-corrected chi connectivity index (χ4v) is 2.30. The molecule has 2 heterocycles. The van der Waals surface area contributed by atoms with Gasteiger partial charge in [0.15, 0.2) is 11.6 Å². The number of nitrogen functional groups attached to an aromatic ring is 1. The molecule has 7 nitrogen and oxygen atoms in total. The highest BCUT2D eigenvalue weighted by atomic mass is 16.5. The van der Waals surface area contributed by atoms with Crippen LogP contribution < -0.4 is 10.5 Å². The number of anilines is 1. The summed E-state index contributed by atoms with van der Waals surface area (Å²) >= 11 is 0.